The smallest absolute Gasteiger partial charge is 0.417 e. The normalized spacial score (nSPS) is 12.2. The quantitative estimate of drug-likeness (QED) is 0.186. The molecule has 0 atom stereocenters. The highest BCUT2D eigenvalue weighted by molar-refractivity contribution is 7.22. The van der Waals surface area contributed by atoms with Gasteiger partial charge in [-0.3, -0.25) is 0 Å². The summed E-state index contributed by atoms with van der Waals surface area (Å²) in [7, 11) is 1.53. The predicted octanol–water partition coefficient (Wildman–Crippen LogP) is 8.74. The molecule has 0 saturated carbocycles. The molecule has 0 aliphatic heterocycles. The van der Waals surface area contributed by atoms with E-state index in [-0.39, 0.29) is 5.56 Å². The molecule has 0 aliphatic carbocycles. The van der Waals surface area contributed by atoms with Crippen molar-refractivity contribution < 1.29 is 32.2 Å². The molecular weight excluding hydrogens is 501 g/mol. The van der Waals surface area contributed by atoms with E-state index < -0.39 is 23.3 Å². The zero-order chi connectivity index (χ0) is 26.8. The predicted molar refractivity (Wildman–Crippen MR) is 140 cm³/mol. The van der Waals surface area contributed by atoms with Gasteiger partial charge < -0.3 is 14.2 Å². The highest BCUT2D eigenvalue weighted by Gasteiger charge is 2.35. The van der Waals surface area contributed by atoms with Gasteiger partial charge in [0, 0.05) is 21.7 Å². The molecule has 4 aromatic rings. The summed E-state index contributed by atoms with van der Waals surface area (Å²) in [5.74, 6) is 0.908. The Balaban J connectivity index is 1.71. The third-order valence-corrected chi connectivity index (χ3v) is 6.41. The molecule has 1 aromatic heterocycles. The first kappa shape index (κ1) is 26.3. The topological polar surface area (TPSA) is 44.8 Å². The number of hydrogen-bond acceptors (Lipinski definition) is 5. The number of methoxy groups -OCH3 is 1. The van der Waals surface area contributed by atoms with Crippen molar-refractivity contribution in [3.8, 4) is 27.7 Å². The van der Waals surface area contributed by atoms with Crippen molar-refractivity contribution in [2.75, 3.05) is 7.11 Å². The number of benzene rings is 3. The summed E-state index contributed by atoms with van der Waals surface area (Å²) in [6.07, 6.45) is -1.56. The lowest BCUT2D eigenvalue weighted by Crippen LogP contribution is -2.22. The molecule has 4 nitrogen and oxygen atoms in total. The summed E-state index contributed by atoms with van der Waals surface area (Å²) in [6, 6.07) is 17.6. The molecule has 8 heteroatoms. The number of halogens is 3. The van der Waals surface area contributed by atoms with Crippen molar-refractivity contribution >= 4 is 33.5 Å². The van der Waals surface area contributed by atoms with Crippen LogP contribution in [-0.4, -0.2) is 18.7 Å². The first-order chi connectivity index (χ1) is 17.4. The number of rotatable bonds is 6. The van der Waals surface area contributed by atoms with Crippen LogP contribution in [0.15, 0.2) is 72.8 Å². The van der Waals surface area contributed by atoms with Crippen molar-refractivity contribution in [1.82, 2.24) is 0 Å². The number of ether oxygens (including phenoxy) is 3. The van der Waals surface area contributed by atoms with Gasteiger partial charge in [0.15, 0.2) is 5.75 Å². The molecular formula is C29H25F3O4S. The van der Waals surface area contributed by atoms with Crippen LogP contribution in [0.3, 0.4) is 0 Å². The van der Waals surface area contributed by atoms with Gasteiger partial charge in [0.1, 0.15) is 17.1 Å². The summed E-state index contributed by atoms with van der Waals surface area (Å²) in [6.45, 7) is 5.36. The van der Waals surface area contributed by atoms with Gasteiger partial charge in [0.05, 0.1) is 17.6 Å². The fraction of sp³-hybridized carbons (Fsp3) is 0.207. The zero-order valence-electron chi connectivity index (χ0n) is 20.7. The third kappa shape index (κ3) is 6.32. The Morgan fingerprint density at radius 3 is 2.24 bits per heavy atom. The Morgan fingerprint density at radius 1 is 0.919 bits per heavy atom. The Morgan fingerprint density at radius 2 is 1.59 bits per heavy atom. The lowest BCUT2D eigenvalue weighted by atomic mass is 10.0. The Kier molecular flexibility index (Phi) is 7.32. The molecule has 0 saturated heterocycles. The minimum atomic E-state index is -4.52. The second-order valence-corrected chi connectivity index (χ2v) is 10.3. The van der Waals surface area contributed by atoms with Crippen LogP contribution in [0.4, 0.5) is 13.2 Å². The van der Waals surface area contributed by atoms with E-state index in [9.17, 15) is 18.0 Å². The number of carbonyl (C=O) groups excluding carboxylic acids is 1. The molecule has 37 heavy (non-hydrogen) atoms. The fourth-order valence-corrected chi connectivity index (χ4v) is 4.85. The number of carbonyl (C=O) groups is 1. The van der Waals surface area contributed by atoms with Gasteiger partial charge in [-0.05, 0) is 68.8 Å². The maximum absolute atomic E-state index is 13.8. The summed E-state index contributed by atoms with van der Waals surface area (Å²) in [5.41, 5.74) is -0.543. The van der Waals surface area contributed by atoms with E-state index in [4.69, 9.17) is 14.2 Å². The van der Waals surface area contributed by atoms with Gasteiger partial charge in [-0.2, -0.15) is 13.2 Å². The minimum Gasteiger partial charge on any atom is -0.497 e. The van der Waals surface area contributed by atoms with Crippen LogP contribution >= 0.6 is 11.3 Å². The van der Waals surface area contributed by atoms with Crippen molar-refractivity contribution in [1.29, 1.82) is 0 Å². The third-order valence-electron chi connectivity index (χ3n) is 5.25. The van der Waals surface area contributed by atoms with Crippen LogP contribution in [0.5, 0.6) is 17.2 Å². The summed E-state index contributed by atoms with van der Waals surface area (Å²) < 4.78 is 59.0. The van der Waals surface area contributed by atoms with Crippen molar-refractivity contribution in [2.24, 2.45) is 0 Å². The highest BCUT2D eigenvalue weighted by atomic mass is 32.1. The van der Waals surface area contributed by atoms with E-state index in [0.717, 1.165) is 16.3 Å². The summed E-state index contributed by atoms with van der Waals surface area (Å²) in [5, 5.41) is 0.673. The molecule has 0 spiro atoms. The summed E-state index contributed by atoms with van der Waals surface area (Å²) in [4.78, 5) is 12.3. The number of thiophene rings is 1. The molecule has 0 fully saturated rings. The molecule has 0 radical (unpaired) electrons. The van der Waals surface area contributed by atoms with Crippen molar-refractivity contribution in [3.63, 3.8) is 0 Å². The Bertz CT molecular complexity index is 1450. The molecule has 0 aliphatic rings. The average Bonchev–Trinajstić information content (AvgIpc) is 3.19. The van der Waals surface area contributed by atoms with Crippen molar-refractivity contribution in [2.45, 2.75) is 32.5 Å². The lowest BCUT2D eigenvalue weighted by Gasteiger charge is -2.17. The highest BCUT2D eigenvalue weighted by Crippen LogP contribution is 2.50. The lowest BCUT2D eigenvalue weighted by molar-refractivity contribution is -0.148. The maximum atomic E-state index is 13.8. The first-order valence-corrected chi connectivity index (χ1v) is 12.2. The van der Waals surface area contributed by atoms with Gasteiger partial charge in [-0.25, -0.2) is 4.79 Å². The SMILES string of the molecule is COc1ccc2c(Oc3ccc(C=CC(=O)OC(C)(C)C)cc3)c(-c3ccccc3C(F)(F)F)sc2c1. The van der Waals surface area contributed by atoms with Crippen LogP contribution in [0, 0.1) is 0 Å². The van der Waals surface area contributed by atoms with E-state index >= 15 is 0 Å². The Hall–Kier alpha value is -3.78. The van der Waals surface area contributed by atoms with Gasteiger partial charge in [0.2, 0.25) is 0 Å². The molecule has 4 rings (SSSR count). The largest absolute Gasteiger partial charge is 0.497 e. The molecule has 0 amide bonds. The van der Waals surface area contributed by atoms with Crippen molar-refractivity contribution in [3.05, 3.63) is 83.9 Å². The maximum Gasteiger partial charge on any atom is 0.417 e. The van der Waals surface area contributed by atoms with Gasteiger partial charge >= 0.3 is 12.1 Å². The zero-order valence-corrected chi connectivity index (χ0v) is 21.5. The van der Waals surface area contributed by atoms with Crippen LogP contribution in [0.25, 0.3) is 26.6 Å². The van der Waals surface area contributed by atoms with Crippen LogP contribution in [-0.2, 0) is 15.7 Å². The van der Waals surface area contributed by atoms with E-state index in [1.54, 1.807) is 75.4 Å². The van der Waals surface area contributed by atoms with E-state index in [1.165, 1.54) is 36.7 Å². The molecule has 192 valence electrons. The fourth-order valence-electron chi connectivity index (χ4n) is 3.65. The van der Waals surface area contributed by atoms with Crippen LogP contribution < -0.4 is 9.47 Å². The van der Waals surface area contributed by atoms with Gasteiger partial charge in [0.25, 0.3) is 0 Å². The van der Waals surface area contributed by atoms with E-state index in [0.29, 0.717) is 27.5 Å². The number of fused-ring (bicyclic) bond motifs is 1. The summed E-state index contributed by atoms with van der Waals surface area (Å²) >= 11 is 1.21. The standard InChI is InChI=1S/C29H25F3O4S/c1-28(2,3)36-25(33)16-11-18-9-12-19(13-10-18)35-26-22-15-14-20(34-4)17-24(22)37-27(26)21-7-5-6-8-23(21)29(30,31)32/h5-17H,1-4H3. The first-order valence-electron chi connectivity index (χ1n) is 11.4. The molecule has 3 aromatic carbocycles. The molecule has 0 bridgehead atoms. The number of hydrogen-bond donors (Lipinski definition) is 0. The van der Waals surface area contributed by atoms with Gasteiger partial charge in [-0.1, -0.05) is 30.3 Å². The molecule has 0 N–H and O–H groups in total. The second-order valence-electron chi connectivity index (χ2n) is 9.20. The van der Waals surface area contributed by atoms with E-state index in [1.807, 2.05) is 0 Å². The molecule has 0 unspecified atom stereocenters. The van der Waals surface area contributed by atoms with Crippen LogP contribution in [0.1, 0.15) is 31.9 Å². The molecule has 1 heterocycles. The van der Waals surface area contributed by atoms with Gasteiger partial charge in [-0.15, -0.1) is 11.3 Å². The monoisotopic (exact) mass is 526 g/mol. The number of esters is 1. The Labute approximate surface area is 216 Å². The van der Waals surface area contributed by atoms with Crippen LogP contribution in [0.2, 0.25) is 0 Å². The van der Waals surface area contributed by atoms with E-state index in [2.05, 4.69) is 0 Å². The minimum absolute atomic E-state index is 0.0436. The number of alkyl halides is 3. The second kappa shape index (κ2) is 10.3. The average molecular weight is 527 g/mol.